The average molecular weight is 475 g/mol. The number of benzene rings is 2. The Morgan fingerprint density at radius 2 is 1.75 bits per heavy atom. The number of nitrogens with zero attached hydrogens (tertiary/aromatic N) is 2. The number of ether oxygens (including phenoxy) is 3. The predicted molar refractivity (Wildman–Crippen MR) is 124 cm³/mol. The fourth-order valence-corrected chi connectivity index (χ4v) is 4.14. The van der Waals surface area contributed by atoms with E-state index in [1.807, 2.05) is 6.92 Å². The summed E-state index contributed by atoms with van der Waals surface area (Å²) in [5.74, 6) is 1.30. The zero-order valence-electron chi connectivity index (χ0n) is 17.7. The van der Waals surface area contributed by atoms with Crippen LogP contribution in [0.2, 0.25) is 0 Å². The Labute approximate surface area is 193 Å². The number of aromatic nitrogens is 2. The molecule has 32 heavy (non-hydrogen) atoms. The van der Waals surface area contributed by atoms with E-state index in [4.69, 9.17) is 14.2 Å². The van der Waals surface area contributed by atoms with Gasteiger partial charge in [0.15, 0.2) is 4.34 Å². The summed E-state index contributed by atoms with van der Waals surface area (Å²) in [6, 6.07) is 12.0. The van der Waals surface area contributed by atoms with Crippen LogP contribution in [-0.4, -0.2) is 48.6 Å². The minimum Gasteiger partial charge on any atom is -0.497 e. The van der Waals surface area contributed by atoms with Crippen LogP contribution in [0.1, 0.15) is 17.3 Å². The minimum absolute atomic E-state index is 0.155. The number of nitrogens with one attached hydrogen (secondary N) is 2. The van der Waals surface area contributed by atoms with Gasteiger partial charge in [0.1, 0.15) is 17.2 Å². The van der Waals surface area contributed by atoms with Gasteiger partial charge < -0.3 is 19.5 Å². The van der Waals surface area contributed by atoms with E-state index in [0.29, 0.717) is 38.8 Å². The van der Waals surface area contributed by atoms with E-state index >= 15 is 0 Å². The van der Waals surface area contributed by atoms with E-state index in [1.54, 1.807) is 42.5 Å². The molecule has 0 aliphatic rings. The third-order valence-electron chi connectivity index (χ3n) is 4.06. The number of methoxy groups -OCH3 is 2. The van der Waals surface area contributed by atoms with Crippen molar-refractivity contribution in [2.24, 2.45) is 0 Å². The fourth-order valence-electron chi connectivity index (χ4n) is 2.59. The van der Waals surface area contributed by atoms with Gasteiger partial charge in [-0.25, -0.2) is 0 Å². The number of carbonyl (C=O) groups is 2. The van der Waals surface area contributed by atoms with Gasteiger partial charge in [0.05, 0.1) is 32.1 Å². The highest BCUT2D eigenvalue weighted by Gasteiger charge is 2.16. The van der Waals surface area contributed by atoms with Crippen LogP contribution in [0.15, 0.2) is 46.8 Å². The van der Waals surface area contributed by atoms with Gasteiger partial charge in [-0.1, -0.05) is 23.1 Å². The zero-order valence-corrected chi connectivity index (χ0v) is 19.3. The quantitative estimate of drug-likeness (QED) is 0.336. The third-order valence-corrected chi connectivity index (χ3v) is 6.03. The summed E-state index contributed by atoms with van der Waals surface area (Å²) in [7, 11) is 3.01. The smallest absolute Gasteiger partial charge is 0.261 e. The highest BCUT2D eigenvalue weighted by atomic mass is 32.2. The van der Waals surface area contributed by atoms with E-state index < -0.39 is 0 Å². The van der Waals surface area contributed by atoms with Gasteiger partial charge in [-0.3, -0.25) is 14.9 Å². The topological polar surface area (TPSA) is 112 Å². The number of anilines is 2. The van der Waals surface area contributed by atoms with Gasteiger partial charge in [0.2, 0.25) is 11.0 Å². The second-order valence-electron chi connectivity index (χ2n) is 6.19. The van der Waals surface area contributed by atoms with E-state index in [0.717, 1.165) is 5.75 Å². The van der Waals surface area contributed by atoms with Gasteiger partial charge in [-0.05, 0) is 43.3 Å². The Kier molecular flexibility index (Phi) is 8.28. The molecule has 0 bridgehead atoms. The van der Waals surface area contributed by atoms with Crippen molar-refractivity contribution in [2.75, 3.05) is 37.2 Å². The lowest BCUT2D eigenvalue weighted by molar-refractivity contribution is -0.113. The summed E-state index contributed by atoms with van der Waals surface area (Å²) in [6.07, 6.45) is 0. The molecule has 1 heterocycles. The zero-order chi connectivity index (χ0) is 22.9. The first-order valence-corrected chi connectivity index (χ1v) is 11.3. The fraction of sp³-hybridized carbons (Fsp3) is 0.238. The maximum absolute atomic E-state index is 12.6. The summed E-state index contributed by atoms with van der Waals surface area (Å²) < 4.78 is 16.3. The molecule has 0 aliphatic heterocycles. The standard InChI is InChI=1S/C21H22N4O5S2/c1-4-30-14-7-5-13(6-8-14)22-18(26)12-31-21-25-24-20(32-21)23-19(27)16-10-9-15(28-2)11-17(16)29-3/h5-11H,4,12H2,1-3H3,(H,22,26)(H,23,24,27). The summed E-state index contributed by atoms with van der Waals surface area (Å²) in [5.41, 5.74) is 1.02. The van der Waals surface area contributed by atoms with E-state index in [1.165, 1.54) is 37.3 Å². The highest BCUT2D eigenvalue weighted by molar-refractivity contribution is 8.01. The molecule has 0 fully saturated rings. The van der Waals surface area contributed by atoms with Gasteiger partial charge in [0.25, 0.3) is 5.91 Å². The number of rotatable bonds is 10. The van der Waals surface area contributed by atoms with Crippen LogP contribution < -0.4 is 24.8 Å². The van der Waals surface area contributed by atoms with Crippen LogP contribution in [0, 0.1) is 0 Å². The van der Waals surface area contributed by atoms with Gasteiger partial charge in [-0.2, -0.15) is 0 Å². The summed E-state index contributed by atoms with van der Waals surface area (Å²) in [4.78, 5) is 24.8. The van der Waals surface area contributed by atoms with Crippen LogP contribution in [0.4, 0.5) is 10.8 Å². The van der Waals surface area contributed by atoms with Crippen molar-refractivity contribution in [2.45, 2.75) is 11.3 Å². The molecular weight excluding hydrogens is 452 g/mol. The lowest BCUT2D eigenvalue weighted by Crippen LogP contribution is -2.13. The largest absolute Gasteiger partial charge is 0.497 e. The lowest BCUT2D eigenvalue weighted by Gasteiger charge is -2.09. The van der Waals surface area contributed by atoms with Crippen molar-refractivity contribution in [1.29, 1.82) is 0 Å². The molecular formula is C21H22N4O5S2. The maximum Gasteiger partial charge on any atom is 0.261 e. The number of hydrogen-bond acceptors (Lipinski definition) is 9. The van der Waals surface area contributed by atoms with E-state index in [-0.39, 0.29) is 17.6 Å². The minimum atomic E-state index is -0.384. The highest BCUT2D eigenvalue weighted by Crippen LogP contribution is 2.28. The molecule has 0 radical (unpaired) electrons. The summed E-state index contributed by atoms with van der Waals surface area (Å²) >= 11 is 2.41. The lowest BCUT2D eigenvalue weighted by atomic mass is 10.2. The summed E-state index contributed by atoms with van der Waals surface area (Å²) in [6.45, 7) is 2.49. The molecule has 2 amide bonds. The number of hydrogen-bond donors (Lipinski definition) is 2. The van der Waals surface area contributed by atoms with Crippen LogP contribution in [-0.2, 0) is 4.79 Å². The van der Waals surface area contributed by atoms with Crippen molar-refractivity contribution in [3.63, 3.8) is 0 Å². The van der Waals surface area contributed by atoms with E-state index in [2.05, 4.69) is 20.8 Å². The van der Waals surface area contributed by atoms with Crippen LogP contribution in [0.5, 0.6) is 17.2 Å². The molecule has 0 saturated carbocycles. The first kappa shape index (κ1) is 23.4. The molecule has 1 aromatic heterocycles. The molecule has 0 saturated heterocycles. The van der Waals surface area contributed by atoms with Crippen molar-refractivity contribution in [3.05, 3.63) is 48.0 Å². The molecule has 0 spiro atoms. The molecule has 11 heteroatoms. The van der Waals surface area contributed by atoms with Crippen molar-refractivity contribution in [3.8, 4) is 17.2 Å². The molecule has 3 rings (SSSR count). The number of amides is 2. The van der Waals surface area contributed by atoms with Crippen molar-refractivity contribution >= 4 is 45.7 Å². The Morgan fingerprint density at radius 3 is 2.44 bits per heavy atom. The second kappa shape index (κ2) is 11.3. The first-order valence-electron chi connectivity index (χ1n) is 9.54. The molecule has 0 unspecified atom stereocenters. The predicted octanol–water partition coefficient (Wildman–Crippen LogP) is 3.94. The Bertz CT molecular complexity index is 1070. The Hall–Kier alpha value is -3.31. The molecule has 2 N–H and O–H groups in total. The molecule has 9 nitrogen and oxygen atoms in total. The molecule has 2 aromatic carbocycles. The van der Waals surface area contributed by atoms with Gasteiger partial charge in [0, 0.05) is 11.8 Å². The Morgan fingerprint density at radius 1 is 1.00 bits per heavy atom. The number of thioether (sulfide) groups is 1. The van der Waals surface area contributed by atoms with Crippen molar-refractivity contribution in [1.82, 2.24) is 10.2 Å². The van der Waals surface area contributed by atoms with Gasteiger partial charge >= 0.3 is 0 Å². The monoisotopic (exact) mass is 474 g/mol. The maximum atomic E-state index is 12.6. The van der Waals surface area contributed by atoms with Crippen molar-refractivity contribution < 1.29 is 23.8 Å². The second-order valence-corrected chi connectivity index (χ2v) is 8.39. The Balaban J connectivity index is 1.52. The average Bonchev–Trinajstić information content (AvgIpc) is 3.26. The molecule has 0 aliphatic carbocycles. The van der Waals surface area contributed by atoms with Crippen LogP contribution >= 0.6 is 23.1 Å². The molecule has 3 aromatic rings. The molecule has 0 atom stereocenters. The first-order chi connectivity index (χ1) is 15.5. The third kappa shape index (κ3) is 6.34. The summed E-state index contributed by atoms with van der Waals surface area (Å²) in [5, 5.41) is 13.8. The SMILES string of the molecule is CCOc1ccc(NC(=O)CSc2nnc(NC(=O)c3ccc(OC)cc3OC)s2)cc1. The molecule has 168 valence electrons. The van der Waals surface area contributed by atoms with Crippen LogP contribution in [0.25, 0.3) is 0 Å². The number of carbonyl (C=O) groups excluding carboxylic acids is 2. The van der Waals surface area contributed by atoms with E-state index in [9.17, 15) is 9.59 Å². The normalized spacial score (nSPS) is 10.3. The van der Waals surface area contributed by atoms with Gasteiger partial charge in [-0.15, -0.1) is 10.2 Å². The van der Waals surface area contributed by atoms with Crippen LogP contribution in [0.3, 0.4) is 0 Å².